The standard InChI is InChI=1S/C14H18N2O2/c1-3-5-13(15)14(17)16-11-6-8-12(9-7-11)18-10-4-2/h1,6-9,13H,4-5,10,15H2,2H3,(H,16,17). The Balaban J connectivity index is 2.53. The van der Waals surface area contributed by atoms with Crippen LogP contribution >= 0.6 is 0 Å². The normalized spacial score (nSPS) is 11.4. The van der Waals surface area contributed by atoms with Crippen molar-refractivity contribution in [2.24, 2.45) is 5.73 Å². The summed E-state index contributed by atoms with van der Waals surface area (Å²) in [7, 11) is 0. The van der Waals surface area contributed by atoms with Crippen LogP contribution in [-0.4, -0.2) is 18.6 Å². The number of amides is 1. The molecule has 1 aromatic rings. The van der Waals surface area contributed by atoms with Crippen LogP contribution in [0.1, 0.15) is 19.8 Å². The molecule has 1 aromatic carbocycles. The SMILES string of the molecule is C#CCC(N)C(=O)Nc1ccc(OCCC)cc1. The van der Waals surface area contributed by atoms with Gasteiger partial charge < -0.3 is 15.8 Å². The van der Waals surface area contributed by atoms with Crippen LogP contribution in [0.2, 0.25) is 0 Å². The molecular formula is C14H18N2O2. The van der Waals surface area contributed by atoms with E-state index in [1.54, 1.807) is 24.3 Å². The van der Waals surface area contributed by atoms with E-state index in [9.17, 15) is 4.79 Å². The zero-order chi connectivity index (χ0) is 13.4. The highest BCUT2D eigenvalue weighted by Gasteiger charge is 2.11. The van der Waals surface area contributed by atoms with Crippen molar-refractivity contribution in [3.05, 3.63) is 24.3 Å². The first-order chi connectivity index (χ1) is 8.67. The van der Waals surface area contributed by atoms with Crippen LogP contribution in [0.25, 0.3) is 0 Å². The molecule has 96 valence electrons. The maximum atomic E-state index is 11.6. The van der Waals surface area contributed by atoms with E-state index < -0.39 is 6.04 Å². The fraction of sp³-hybridized carbons (Fsp3) is 0.357. The first-order valence-corrected chi connectivity index (χ1v) is 5.90. The second-order valence-electron chi connectivity index (χ2n) is 3.88. The summed E-state index contributed by atoms with van der Waals surface area (Å²) >= 11 is 0. The Kier molecular flexibility index (Phi) is 5.75. The quantitative estimate of drug-likeness (QED) is 0.752. The van der Waals surface area contributed by atoms with E-state index in [4.69, 9.17) is 16.9 Å². The van der Waals surface area contributed by atoms with Crippen molar-refractivity contribution < 1.29 is 9.53 Å². The Morgan fingerprint density at radius 2 is 2.17 bits per heavy atom. The molecule has 0 aliphatic heterocycles. The largest absolute Gasteiger partial charge is 0.494 e. The molecule has 0 aliphatic carbocycles. The predicted molar refractivity (Wildman–Crippen MR) is 72.3 cm³/mol. The minimum absolute atomic E-state index is 0.226. The van der Waals surface area contributed by atoms with Gasteiger partial charge in [0.25, 0.3) is 0 Å². The first-order valence-electron chi connectivity index (χ1n) is 5.90. The summed E-state index contributed by atoms with van der Waals surface area (Å²) < 4.78 is 5.44. The third-order valence-corrected chi connectivity index (χ3v) is 2.27. The molecule has 1 amide bonds. The summed E-state index contributed by atoms with van der Waals surface area (Å²) in [6.45, 7) is 2.72. The van der Waals surface area contributed by atoms with Crippen LogP contribution in [0.15, 0.2) is 24.3 Å². The van der Waals surface area contributed by atoms with E-state index in [2.05, 4.69) is 11.2 Å². The van der Waals surface area contributed by atoms with Crippen LogP contribution < -0.4 is 15.8 Å². The Hall–Kier alpha value is -1.99. The van der Waals surface area contributed by atoms with Gasteiger partial charge in [-0.15, -0.1) is 12.3 Å². The highest BCUT2D eigenvalue weighted by Crippen LogP contribution is 2.16. The molecule has 1 atom stereocenters. The van der Waals surface area contributed by atoms with E-state index >= 15 is 0 Å². The van der Waals surface area contributed by atoms with Gasteiger partial charge in [0.1, 0.15) is 5.75 Å². The van der Waals surface area contributed by atoms with Gasteiger partial charge >= 0.3 is 0 Å². The average Bonchev–Trinajstić information content (AvgIpc) is 2.38. The van der Waals surface area contributed by atoms with Crippen molar-refractivity contribution in [2.75, 3.05) is 11.9 Å². The van der Waals surface area contributed by atoms with Gasteiger partial charge in [-0.25, -0.2) is 0 Å². The molecule has 1 rings (SSSR count). The maximum absolute atomic E-state index is 11.6. The fourth-order valence-electron chi connectivity index (χ4n) is 1.31. The number of hydrogen-bond donors (Lipinski definition) is 2. The second kappa shape index (κ2) is 7.36. The summed E-state index contributed by atoms with van der Waals surface area (Å²) in [4.78, 5) is 11.6. The van der Waals surface area contributed by atoms with Crippen LogP contribution in [0, 0.1) is 12.3 Å². The first kappa shape index (κ1) is 14.1. The van der Waals surface area contributed by atoms with E-state index in [1.165, 1.54) is 0 Å². The molecule has 0 aromatic heterocycles. The smallest absolute Gasteiger partial charge is 0.242 e. The van der Waals surface area contributed by atoms with Crippen molar-refractivity contribution in [3.63, 3.8) is 0 Å². The summed E-state index contributed by atoms with van der Waals surface area (Å²) in [5.74, 6) is 2.86. The van der Waals surface area contributed by atoms with E-state index in [1.807, 2.05) is 6.92 Å². The summed E-state index contributed by atoms with van der Waals surface area (Å²) in [6.07, 6.45) is 6.28. The number of ether oxygens (including phenoxy) is 1. The molecule has 4 nitrogen and oxygen atoms in total. The molecule has 18 heavy (non-hydrogen) atoms. The number of anilines is 1. The molecule has 0 spiro atoms. The van der Waals surface area contributed by atoms with Crippen LogP contribution in [0.3, 0.4) is 0 Å². The van der Waals surface area contributed by atoms with Gasteiger partial charge in [-0.3, -0.25) is 4.79 Å². The predicted octanol–water partition coefficient (Wildman–Crippen LogP) is 1.76. The number of carbonyl (C=O) groups excluding carboxylic acids is 1. The van der Waals surface area contributed by atoms with Crippen molar-refractivity contribution in [3.8, 4) is 18.1 Å². The Morgan fingerprint density at radius 1 is 1.50 bits per heavy atom. The lowest BCUT2D eigenvalue weighted by Gasteiger charge is -2.10. The minimum Gasteiger partial charge on any atom is -0.494 e. The maximum Gasteiger partial charge on any atom is 0.242 e. The zero-order valence-corrected chi connectivity index (χ0v) is 10.5. The molecule has 0 saturated carbocycles. The lowest BCUT2D eigenvalue weighted by atomic mass is 10.2. The third-order valence-electron chi connectivity index (χ3n) is 2.27. The number of terminal acetylenes is 1. The van der Waals surface area contributed by atoms with Crippen LogP contribution in [0.5, 0.6) is 5.75 Å². The molecule has 0 aliphatic rings. The number of rotatable bonds is 6. The number of benzene rings is 1. The van der Waals surface area contributed by atoms with Gasteiger partial charge in [0.2, 0.25) is 5.91 Å². The Bertz CT molecular complexity index is 420. The lowest BCUT2D eigenvalue weighted by Crippen LogP contribution is -2.35. The van der Waals surface area contributed by atoms with E-state index in [0.29, 0.717) is 12.3 Å². The molecule has 4 heteroatoms. The minimum atomic E-state index is -0.675. The van der Waals surface area contributed by atoms with Gasteiger partial charge in [0.05, 0.1) is 12.6 Å². The average molecular weight is 246 g/mol. The van der Waals surface area contributed by atoms with Gasteiger partial charge in [-0.1, -0.05) is 6.92 Å². The summed E-state index contributed by atoms with van der Waals surface area (Å²) in [5.41, 5.74) is 6.27. The highest BCUT2D eigenvalue weighted by atomic mass is 16.5. The molecule has 1 unspecified atom stereocenters. The topological polar surface area (TPSA) is 64.4 Å². The molecule has 0 radical (unpaired) electrons. The molecule has 3 N–H and O–H groups in total. The molecule has 0 heterocycles. The van der Waals surface area contributed by atoms with Gasteiger partial charge in [-0.2, -0.15) is 0 Å². The Morgan fingerprint density at radius 3 is 2.72 bits per heavy atom. The van der Waals surface area contributed by atoms with Crippen molar-refractivity contribution >= 4 is 11.6 Å². The number of hydrogen-bond acceptors (Lipinski definition) is 3. The van der Waals surface area contributed by atoms with E-state index in [-0.39, 0.29) is 12.3 Å². The van der Waals surface area contributed by atoms with Crippen molar-refractivity contribution in [2.45, 2.75) is 25.8 Å². The number of carbonyl (C=O) groups is 1. The monoisotopic (exact) mass is 246 g/mol. The van der Waals surface area contributed by atoms with Crippen LogP contribution in [-0.2, 0) is 4.79 Å². The lowest BCUT2D eigenvalue weighted by molar-refractivity contribution is -0.117. The number of nitrogens with one attached hydrogen (secondary N) is 1. The Labute approximate surface area is 108 Å². The van der Waals surface area contributed by atoms with E-state index in [0.717, 1.165) is 12.2 Å². The van der Waals surface area contributed by atoms with Gasteiger partial charge in [-0.05, 0) is 30.7 Å². The third kappa shape index (κ3) is 4.48. The van der Waals surface area contributed by atoms with Gasteiger partial charge in [0.15, 0.2) is 0 Å². The summed E-state index contributed by atoms with van der Waals surface area (Å²) in [6, 6.07) is 6.47. The molecule has 0 fully saturated rings. The van der Waals surface area contributed by atoms with Crippen molar-refractivity contribution in [1.82, 2.24) is 0 Å². The van der Waals surface area contributed by atoms with Gasteiger partial charge in [0, 0.05) is 12.1 Å². The number of nitrogens with two attached hydrogens (primary N) is 1. The second-order valence-corrected chi connectivity index (χ2v) is 3.88. The van der Waals surface area contributed by atoms with Crippen molar-refractivity contribution in [1.29, 1.82) is 0 Å². The fourth-order valence-corrected chi connectivity index (χ4v) is 1.31. The molecular weight excluding hydrogens is 228 g/mol. The summed E-state index contributed by atoms with van der Waals surface area (Å²) in [5, 5.41) is 2.69. The zero-order valence-electron chi connectivity index (χ0n) is 10.5. The van der Waals surface area contributed by atoms with Crippen LogP contribution in [0.4, 0.5) is 5.69 Å². The molecule has 0 bridgehead atoms. The highest BCUT2D eigenvalue weighted by molar-refractivity contribution is 5.94. The molecule has 0 saturated heterocycles.